The Bertz CT molecular complexity index is 1610. The molecule has 0 aromatic carbocycles. The smallest absolute Gasteiger partial charge is 0.306 e. The number of esters is 3. The van der Waals surface area contributed by atoms with Crippen LogP contribution in [-0.4, -0.2) is 37.2 Å². The van der Waals surface area contributed by atoms with Crippen molar-refractivity contribution in [2.45, 2.75) is 361 Å². The maximum atomic E-state index is 13.0. The molecular weight excluding hydrogens is 1020 g/mol. The summed E-state index contributed by atoms with van der Waals surface area (Å²) in [7, 11) is 0. The summed E-state index contributed by atoms with van der Waals surface area (Å²) in [6.45, 7) is 6.55. The Morgan fingerprint density at radius 1 is 0.253 bits per heavy atom. The van der Waals surface area contributed by atoms with Gasteiger partial charge in [-0.2, -0.15) is 0 Å². The van der Waals surface area contributed by atoms with E-state index in [0.29, 0.717) is 19.3 Å². The third kappa shape index (κ3) is 69.0. The third-order valence-electron chi connectivity index (χ3n) is 15.5. The summed E-state index contributed by atoms with van der Waals surface area (Å²) in [5.41, 5.74) is 0. The van der Waals surface area contributed by atoms with Crippen molar-refractivity contribution >= 4 is 17.9 Å². The molecule has 0 aromatic heterocycles. The number of hydrogen-bond donors (Lipinski definition) is 0. The first-order valence-corrected chi connectivity index (χ1v) is 35.7. The van der Waals surface area contributed by atoms with Crippen molar-refractivity contribution in [3.05, 3.63) is 97.2 Å². The van der Waals surface area contributed by atoms with Crippen molar-refractivity contribution in [2.24, 2.45) is 0 Å². The number of unbranched alkanes of at least 4 members (excludes halogenated alkanes) is 38. The molecule has 0 N–H and O–H groups in total. The molecule has 0 aliphatic carbocycles. The van der Waals surface area contributed by atoms with Crippen molar-refractivity contribution in [1.82, 2.24) is 0 Å². The molecule has 0 heterocycles. The van der Waals surface area contributed by atoms with E-state index >= 15 is 0 Å². The topological polar surface area (TPSA) is 78.9 Å². The van der Waals surface area contributed by atoms with Gasteiger partial charge in [0.15, 0.2) is 6.10 Å². The summed E-state index contributed by atoms with van der Waals surface area (Å²) in [6.07, 6.45) is 95.7. The molecule has 0 bridgehead atoms. The van der Waals surface area contributed by atoms with Crippen LogP contribution < -0.4 is 0 Å². The van der Waals surface area contributed by atoms with Crippen molar-refractivity contribution in [3.63, 3.8) is 0 Å². The number of carbonyl (C=O) groups is 3. The number of carbonyl (C=O) groups excluding carboxylic acids is 3. The minimum absolute atomic E-state index is 0.0811. The molecule has 0 aromatic rings. The van der Waals surface area contributed by atoms with Crippen molar-refractivity contribution in [1.29, 1.82) is 0 Å². The molecule has 0 radical (unpaired) electrons. The lowest BCUT2D eigenvalue weighted by Crippen LogP contribution is -2.30. The van der Waals surface area contributed by atoms with Crippen LogP contribution in [0.3, 0.4) is 0 Å². The highest BCUT2D eigenvalue weighted by molar-refractivity contribution is 5.71. The highest BCUT2D eigenvalue weighted by Crippen LogP contribution is 2.17. The van der Waals surface area contributed by atoms with Gasteiger partial charge >= 0.3 is 17.9 Å². The first kappa shape index (κ1) is 79.3. The summed E-state index contributed by atoms with van der Waals surface area (Å²) in [5.74, 6) is -0.879. The Balaban J connectivity index is 4.32. The van der Waals surface area contributed by atoms with Gasteiger partial charge in [0.05, 0.1) is 0 Å². The van der Waals surface area contributed by atoms with E-state index in [-0.39, 0.29) is 31.1 Å². The van der Waals surface area contributed by atoms with E-state index < -0.39 is 6.10 Å². The molecule has 0 rings (SSSR count). The summed E-state index contributed by atoms with van der Waals surface area (Å²) >= 11 is 0. The zero-order chi connectivity index (χ0) is 59.9. The SMILES string of the molecule is CC/C=C\C/C=C\C/C=C\C/C=C\C/C=C\C/C=C\CCCCCCCCCCCCC(=O)OCC(COC(=O)CCCCCCC/C=C\CCCCCCCC)OC(=O)CCCCCCCCCCC/C=C\CCCCCCCCCC. The van der Waals surface area contributed by atoms with Gasteiger partial charge in [0.2, 0.25) is 0 Å². The average molecular weight is 1160 g/mol. The molecule has 0 spiro atoms. The zero-order valence-corrected chi connectivity index (χ0v) is 54.9. The Morgan fingerprint density at radius 3 is 0.747 bits per heavy atom. The molecule has 1 atom stereocenters. The maximum absolute atomic E-state index is 13.0. The molecule has 6 heteroatoms. The Labute approximate surface area is 515 Å². The molecule has 0 aliphatic heterocycles. The van der Waals surface area contributed by atoms with E-state index in [1.54, 1.807) is 0 Å². The van der Waals surface area contributed by atoms with E-state index in [0.717, 1.165) is 103 Å². The number of rotatable bonds is 65. The normalized spacial score (nSPS) is 12.7. The first-order chi connectivity index (χ1) is 41.0. The van der Waals surface area contributed by atoms with Gasteiger partial charge in [0, 0.05) is 19.3 Å². The molecule has 0 amide bonds. The molecule has 0 fully saturated rings. The summed E-state index contributed by atoms with van der Waals surface area (Å²) in [5, 5.41) is 0. The maximum Gasteiger partial charge on any atom is 0.306 e. The van der Waals surface area contributed by atoms with Crippen molar-refractivity contribution < 1.29 is 28.6 Å². The van der Waals surface area contributed by atoms with Crippen molar-refractivity contribution in [3.8, 4) is 0 Å². The standard InChI is InChI=1S/C77H134O6/c1-4-7-10-13-16-19-22-25-28-30-32-34-35-36-37-38-39-40-41-43-44-46-49-52-55-58-61-64-67-70-76(79)82-73-74(72-81-75(78)69-66-63-60-57-54-51-48-27-24-21-18-15-12-9-6-3)83-77(80)71-68-65-62-59-56-53-50-47-45-42-33-31-29-26-23-20-17-14-11-8-5-2/h7,10,16,19,25,27-28,31-34,36-37,39-40,48,74H,4-6,8-9,11-15,17-18,20-24,26,29-30,35,38,41-47,49-73H2,1-3H3/b10-7-,19-16-,28-25-,33-31-,34-32-,37-36-,40-39-,48-27-. The second-order valence-electron chi connectivity index (χ2n) is 23.8. The lowest BCUT2D eigenvalue weighted by atomic mass is 10.0. The summed E-state index contributed by atoms with van der Waals surface area (Å²) in [6, 6.07) is 0. The molecule has 1 unspecified atom stereocenters. The van der Waals surface area contributed by atoms with Crippen LogP contribution in [0.2, 0.25) is 0 Å². The monoisotopic (exact) mass is 1160 g/mol. The molecule has 0 saturated carbocycles. The van der Waals surface area contributed by atoms with E-state index in [2.05, 4.69) is 118 Å². The summed E-state index contributed by atoms with van der Waals surface area (Å²) < 4.78 is 17.0. The predicted octanol–water partition coefficient (Wildman–Crippen LogP) is 24.8. The number of allylic oxidation sites excluding steroid dienone is 16. The molecule has 6 nitrogen and oxygen atoms in total. The van der Waals surface area contributed by atoms with Crippen LogP contribution >= 0.6 is 0 Å². The van der Waals surface area contributed by atoms with Gasteiger partial charge in [-0.25, -0.2) is 0 Å². The fraction of sp³-hybridized carbons (Fsp3) is 0.753. The van der Waals surface area contributed by atoms with Crippen LogP contribution in [0.4, 0.5) is 0 Å². The Hall–Kier alpha value is -3.67. The third-order valence-corrected chi connectivity index (χ3v) is 15.5. The van der Waals surface area contributed by atoms with Gasteiger partial charge in [-0.05, 0) is 122 Å². The average Bonchev–Trinajstić information content (AvgIpc) is 3.49. The van der Waals surface area contributed by atoms with E-state index in [1.165, 1.54) is 212 Å². The van der Waals surface area contributed by atoms with Gasteiger partial charge in [0.25, 0.3) is 0 Å². The van der Waals surface area contributed by atoms with Crippen LogP contribution in [-0.2, 0) is 28.6 Å². The van der Waals surface area contributed by atoms with Crippen LogP contribution in [0.5, 0.6) is 0 Å². The first-order valence-electron chi connectivity index (χ1n) is 35.7. The minimum Gasteiger partial charge on any atom is -0.462 e. The number of hydrogen-bond acceptors (Lipinski definition) is 6. The van der Waals surface area contributed by atoms with Gasteiger partial charge in [-0.3, -0.25) is 14.4 Å². The Kier molecular flexibility index (Phi) is 67.7. The van der Waals surface area contributed by atoms with Gasteiger partial charge in [0.1, 0.15) is 13.2 Å². The molecular formula is C77H134O6. The highest BCUT2D eigenvalue weighted by atomic mass is 16.6. The summed E-state index contributed by atoms with van der Waals surface area (Å²) in [4.78, 5) is 38.5. The Morgan fingerprint density at radius 2 is 0.470 bits per heavy atom. The van der Waals surface area contributed by atoms with Crippen LogP contribution in [0, 0.1) is 0 Å². The number of ether oxygens (including phenoxy) is 3. The van der Waals surface area contributed by atoms with E-state index in [9.17, 15) is 14.4 Å². The lowest BCUT2D eigenvalue weighted by Gasteiger charge is -2.18. The highest BCUT2D eigenvalue weighted by Gasteiger charge is 2.19. The second kappa shape index (κ2) is 70.8. The molecule has 0 aliphatic rings. The van der Waals surface area contributed by atoms with E-state index in [1.807, 2.05) is 0 Å². The van der Waals surface area contributed by atoms with Crippen LogP contribution in [0.15, 0.2) is 97.2 Å². The molecule has 83 heavy (non-hydrogen) atoms. The fourth-order valence-electron chi connectivity index (χ4n) is 10.2. The van der Waals surface area contributed by atoms with Gasteiger partial charge in [-0.15, -0.1) is 0 Å². The molecule has 0 saturated heterocycles. The largest absolute Gasteiger partial charge is 0.462 e. The van der Waals surface area contributed by atoms with Gasteiger partial charge in [-0.1, -0.05) is 311 Å². The minimum atomic E-state index is -0.786. The van der Waals surface area contributed by atoms with Crippen LogP contribution in [0.1, 0.15) is 355 Å². The lowest BCUT2D eigenvalue weighted by molar-refractivity contribution is -0.167. The fourth-order valence-corrected chi connectivity index (χ4v) is 10.2. The molecule has 478 valence electrons. The zero-order valence-electron chi connectivity index (χ0n) is 54.9. The van der Waals surface area contributed by atoms with Crippen molar-refractivity contribution in [2.75, 3.05) is 13.2 Å². The van der Waals surface area contributed by atoms with Gasteiger partial charge < -0.3 is 14.2 Å². The van der Waals surface area contributed by atoms with Crippen LogP contribution in [0.25, 0.3) is 0 Å². The predicted molar refractivity (Wildman–Crippen MR) is 362 cm³/mol. The van der Waals surface area contributed by atoms with E-state index in [4.69, 9.17) is 14.2 Å². The second-order valence-corrected chi connectivity index (χ2v) is 23.8. The quantitative estimate of drug-likeness (QED) is 0.0261.